The highest BCUT2D eigenvalue weighted by Gasteiger charge is 2.10. The standard InChI is InChI=1S/C17H30N2O/c1-6-17(20)15-7-9-16(10-8-15)19(13-14(2)3)12-11-18(4)5/h7-10,14,17,20H,6,11-13H2,1-5H3/t17-/m0/s1. The number of anilines is 1. The molecule has 1 aromatic rings. The van der Waals surface area contributed by atoms with Gasteiger partial charge in [0.05, 0.1) is 6.10 Å². The van der Waals surface area contributed by atoms with Gasteiger partial charge in [-0.2, -0.15) is 0 Å². The van der Waals surface area contributed by atoms with Gasteiger partial charge in [-0.25, -0.2) is 0 Å². The van der Waals surface area contributed by atoms with Crippen LogP contribution in [0.1, 0.15) is 38.9 Å². The molecule has 3 nitrogen and oxygen atoms in total. The van der Waals surface area contributed by atoms with Crippen molar-refractivity contribution in [1.29, 1.82) is 0 Å². The van der Waals surface area contributed by atoms with Crippen LogP contribution in [-0.4, -0.2) is 43.7 Å². The third kappa shape index (κ3) is 5.51. The van der Waals surface area contributed by atoms with Crippen molar-refractivity contribution in [3.63, 3.8) is 0 Å². The first-order chi connectivity index (χ1) is 9.43. The van der Waals surface area contributed by atoms with Gasteiger partial charge in [-0.3, -0.25) is 0 Å². The first-order valence-electron chi connectivity index (χ1n) is 7.61. The van der Waals surface area contributed by atoms with E-state index in [4.69, 9.17) is 0 Å². The maximum Gasteiger partial charge on any atom is 0.0787 e. The molecule has 1 atom stereocenters. The number of benzene rings is 1. The van der Waals surface area contributed by atoms with E-state index in [1.807, 2.05) is 19.1 Å². The highest BCUT2D eigenvalue weighted by molar-refractivity contribution is 5.48. The molecule has 0 aliphatic rings. The van der Waals surface area contributed by atoms with Crippen LogP contribution in [0.5, 0.6) is 0 Å². The smallest absolute Gasteiger partial charge is 0.0787 e. The minimum absolute atomic E-state index is 0.343. The van der Waals surface area contributed by atoms with Crippen molar-refractivity contribution < 1.29 is 5.11 Å². The molecular formula is C17H30N2O. The van der Waals surface area contributed by atoms with Crippen LogP contribution in [0, 0.1) is 5.92 Å². The molecule has 0 fully saturated rings. The molecule has 1 rings (SSSR count). The van der Waals surface area contributed by atoms with E-state index in [0.29, 0.717) is 5.92 Å². The number of aliphatic hydroxyl groups is 1. The fraction of sp³-hybridized carbons (Fsp3) is 0.647. The minimum Gasteiger partial charge on any atom is -0.388 e. The summed E-state index contributed by atoms with van der Waals surface area (Å²) in [7, 11) is 4.21. The van der Waals surface area contributed by atoms with Crippen LogP contribution in [0.25, 0.3) is 0 Å². The molecule has 0 saturated heterocycles. The van der Waals surface area contributed by atoms with Crippen molar-refractivity contribution in [3.8, 4) is 0 Å². The van der Waals surface area contributed by atoms with Crippen LogP contribution in [-0.2, 0) is 0 Å². The molecule has 0 heterocycles. The van der Waals surface area contributed by atoms with Gasteiger partial charge in [-0.05, 0) is 44.1 Å². The number of aliphatic hydroxyl groups excluding tert-OH is 1. The second-order valence-corrected chi connectivity index (χ2v) is 6.16. The lowest BCUT2D eigenvalue weighted by atomic mass is 10.1. The number of hydrogen-bond acceptors (Lipinski definition) is 3. The van der Waals surface area contributed by atoms with Crippen LogP contribution >= 0.6 is 0 Å². The van der Waals surface area contributed by atoms with E-state index in [-0.39, 0.29) is 6.10 Å². The van der Waals surface area contributed by atoms with Crippen molar-refractivity contribution in [1.82, 2.24) is 4.90 Å². The zero-order valence-corrected chi connectivity index (χ0v) is 13.6. The maximum absolute atomic E-state index is 9.86. The Kier molecular flexibility index (Phi) is 7.03. The summed E-state index contributed by atoms with van der Waals surface area (Å²) in [6, 6.07) is 8.36. The average molecular weight is 278 g/mol. The molecule has 0 radical (unpaired) electrons. The predicted molar refractivity (Wildman–Crippen MR) is 87.3 cm³/mol. The molecular weight excluding hydrogens is 248 g/mol. The summed E-state index contributed by atoms with van der Waals surface area (Å²) >= 11 is 0. The third-order valence-electron chi connectivity index (χ3n) is 3.43. The summed E-state index contributed by atoms with van der Waals surface area (Å²) in [5, 5.41) is 9.86. The first kappa shape index (κ1) is 17.0. The van der Waals surface area contributed by atoms with Crippen LogP contribution in [0.15, 0.2) is 24.3 Å². The van der Waals surface area contributed by atoms with E-state index < -0.39 is 0 Å². The number of hydrogen-bond donors (Lipinski definition) is 1. The van der Waals surface area contributed by atoms with Gasteiger partial charge in [0.15, 0.2) is 0 Å². The van der Waals surface area contributed by atoms with E-state index in [2.05, 4.69) is 49.9 Å². The number of likely N-dealkylation sites (N-methyl/N-ethyl adjacent to an activating group) is 1. The van der Waals surface area contributed by atoms with E-state index in [9.17, 15) is 5.11 Å². The summed E-state index contributed by atoms with van der Waals surface area (Å²) in [5.41, 5.74) is 2.25. The molecule has 0 aliphatic carbocycles. The fourth-order valence-corrected chi connectivity index (χ4v) is 2.23. The second kappa shape index (κ2) is 8.28. The van der Waals surface area contributed by atoms with Gasteiger partial charge in [-0.15, -0.1) is 0 Å². The molecule has 114 valence electrons. The quantitative estimate of drug-likeness (QED) is 0.791. The molecule has 0 unspecified atom stereocenters. The van der Waals surface area contributed by atoms with Crippen molar-refractivity contribution in [2.45, 2.75) is 33.3 Å². The Balaban J connectivity index is 2.79. The molecule has 0 aliphatic heterocycles. The van der Waals surface area contributed by atoms with Crippen LogP contribution < -0.4 is 4.90 Å². The predicted octanol–water partition coefficient (Wildman–Crippen LogP) is 3.15. The average Bonchev–Trinajstić information content (AvgIpc) is 2.42. The Hall–Kier alpha value is -1.06. The van der Waals surface area contributed by atoms with Gasteiger partial charge >= 0.3 is 0 Å². The lowest BCUT2D eigenvalue weighted by Crippen LogP contribution is -2.34. The maximum atomic E-state index is 9.86. The zero-order chi connectivity index (χ0) is 15.1. The van der Waals surface area contributed by atoms with Gasteiger partial charge in [0.1, 0.15) is 0 Å². The Morgan fingerprint density at radius 1 is 1.05 bits per heavy atom. The molecule has 0 aromatic heterocycles. The van der Waals surface area contributed by atoms with E-state index >= 15 is 0 Å². The number of rotatable bonds is 8. The van der Waals surface area contributed by atoms with Gasteiger partial charge in [0, 0.05) is 25.3 Å². The van der Waals surface area contributed by atoms with Gasteiger partial charge in [0.2, 0.25) is 0 Å². The largest absolute Gasteiger partial charge is 0.388 e. The van der Waals surface area contributed by atoms with Gasteiger partial charge < -0.3 is 14.9 Å². The van der Waals surface area contributed by atoms with Crippen molar-refractivity contribution in [2.24, 2.45) is 5.92 Å². The van der Waals surface area contributed by atoms with Crippen molar-refractivity contribution in [3.05, 3.63) is 29.8 Å². The molecule has 0 spiro atoms. The van der Waals surface area contributed by atoms with Crippen molar-refractivity contribution >= 4 is 5.69 Å². The number of nitrogens with zero attached hydrogens (tertiary/aromatic N) is 2. The Morgan fingerprint density at radius 3 is 2.10 bits per heavy atom. The topological polar surface area (TPSA) is 26.7 Å². The third-order valence-corrected chi connectivity index (χ3v) is 3.43. The summed E-state index contributed by atoms with van der Waals surface area (Å²) in [6.45, 7) is 9.63. The summed E-state index contributed by atoms with van der Waals surface area (Å²) < 4.78 is 0. The van der Waals surface area contributed by atoms with E-state index in [0.717, 1.165) is 31.6 Å². The minimum atomic E-state index is -0.343. The zero-order valence-electron chi connectivity index (χ0n) is 13.6. The lowest BCUT2D eigenvalue weighted by molar-refractivity contribution is 0.173. The first-order valence-corrected chi connectivity index (χ1v) is 7.61. The fourth-order valence-electron chi connectivity index (χ4n) is 2.23. The molecule has 1 N–H and O–H groups in total. The highest BCUT2D eigenvalue weighted by Crippen LogP contribution is 2.21. The second-order valence-electron chi connectivity index (χ2n) is 6.16. The summed E-state index contributed by atoms with van der Waals surface area (Å²) in [4.78, 5) is 4.63. The molecule has 3 heteroatoms. The van der Waals surface area contributed by atoms with Crippen molar-refractivity contribution in [2.75, 3.05) is 38.6 Å². The van der Waals surface area contributed by atoms with E-state index in [1.54, 1.807) is 0 Å². The Labute approximate surface area is 124 Å². The SMILES string of the molecule is CC[C@H](O)c1ccc(N(CCN(C)C)CC(C)C)cc1. The Bertz CT molecular complexity index is 373. The van der Waals surface area contributed by atoms with Gasteiger partial charge in [0.25, 0.3) is 0 Å². The monoisotopic (exact) mass is 278 g/mol. The molecule has 0 saturated carbocycles. The lowest BCUT2D eigenvalue weighted by Gasteiger charge is -2.28. The molecule has 0 bridgehead atoms. The molecule has 0 amide bonds. The van der Waals surface area contributed by atoms with Crippen LogP contribution in [0.4, 0.5) is 5.69 Å². The van der Waals surface area contributed by atoms with Crippen LogP contribution in [0.3, 0.4) is 0 Å². The highest BCUT2D eigenvalue weighted by atomic mass is 16.3. The Morgan fingerprint density at radius 2 is 1.65 bits per heavy atom. The van der Waals surface area contributed by atoms with Gasteiger partial charge in [-0.1, -0.05) is 32.9 Å². The summed E-state index contributed by atoms with van der Waals surface area (Å²) in [6.07, 6.45) is 0.416. The molecule has 20 heavy (non-hydrogen) atoms. The van der Waals surface area contributed by atoms with E-state index in [1.165, 1.54) is 5.69 Å². The molecule has 1 aromatic carbocycles. The summed E-state index contributed by atoms with van der Waals surface area (Å²) in [5.74, 6) is 0.637. The normalized spacial score (nSPS) is 13.0. The van der Waals surface area contributed by atoms with Crippen LogP contribution in [0.2, 0.25) is 0 Å².